The van der Waals surface area contributed by atoms with E-state index in [9.17, 15) is 9.90 Å². The standard InChI is InChI=1S/C12H18O2/c1-8-7-10(13)11(12(8)14)9-5-3-2-4-6-9/h8-9,14H,2-7H2,1H3. The molecule has 0 aromatic heterocycles. The van der Waals surface area contributed by atoms with E-state index < -0.39 is 0 Å². The Kier molecular flexibility index (Phi) is 2.62. The van der Waals surface area contributed by atoms with Crippen molar-refractivity contribution >= 4 is 5.78 Å². The van der Waals surface area contributed by atoms with Crippen LogP contribution in [0.1, 0.15) is 45.4 Å². The third kappa shape index (κ3) is 1.58. The van der Waals surface area contributed by atoms with Crippen LogP contribution >= 0.6 is 0 Å². The fourth-order valence-corrected chi connectivity index (χ4v) is 2.72. The van der Waals surface area contributed by atoms with Gasteiger partial charge in [0, 0.05) is 17.9 Å². The number of aliphatic hydroxyl groups excluding tert-OH is 1. The van der Waals surface area contributed by atoms with Gasteiger partial charge in [-0.25, -0.2) is 0 Å². The van der Waals surface area contributed by atoms with Gasteiger partial charge in [0.1, 0.15) is 5.76 Å². The lowest BCUT2D eigenvalue weighted by Gasteiger charge is -2.22. The molecule has 1 unspecified atom stereocenters. The predicted octanol–water partition coefficient (Wildman–Crippen LogP) is 2.99. The number of hydrogen-bond donors (Lipinski definition) is 1. The van der Waals surface area contributed by atoms with E-state index in [-0.39, 0.29) is 11.7 Å². The monoisotopic (exact) mass is 194 g/mol. The van der Waals surface area contributed by atoms with Crippen molar-refractivity contribution in [1.82, 2.24) is 0 Å². The number of rotatable bonds is 1. The van der Waals surface area contributed by atoms with E-state index in [1.54, 1.807) is 0 Å². The van der Waals surface area contributed by atoms with Gasteiger partial charge in [-0.3, -0.25) is 4.79 Å². The number of Topliss-reactive ketones (excluding diaryl/α,β-unsaturated/α-hetero) is 1. The zero-order valence-electron chi connectivity index (χ0n) is 8.75. The number of carbonyl (C=O) groups excluding carboxylic acids is 1. The van der Waals surface area contributed by atoms with E-state index in [0.717, 1.165) is 18.4 Å². The van der Waals surface area contributed by atoms with Crippen LogP contribution in [0.15, 0.2) is 11.3 Å². The highest BCUT2D eigenvalue weighted by Crippen LogP contribution is 2.38. The number of aliphatic hydroxyl groups is 1. The van der Waals surface area contributed by atoms with E-state index in [1.807, 2.05) is 6.92 Å². The van der Waals surface area contributed by atoms with Crippen molar-refractivity contribution in [2.24, 2.45) is 11.8 Å². The minimum atomic E-state index is 0.0689. The first-order valence-corrected chi connectivity index (χ1v) is 5.66. The largest absolute Gasteiger partial charge is 0.512 e. The van der Waals surface area contributed by atoms with Crippen LogP contribution in [0, 0.1) is 11.8 Å². The van der Waals surface area contributed by atoms with Crippen LogP contribution < -0.4 is 0 Å². The van der Waals surface area contributed by atoms with E-state index in [0.29, 0.717) is 18.1 Å². The summed E-state index contributed by atoms with van der Waals surface area (Å²) in [5, 5.41) is 9.84. The second-order valence-corrected chi connectivity index (χ2v) is 4.66. The van der Waals surface area contributed by atoms with Gasteiger partial charge in [-0.2, -0.15) is 0 Å². The Morgan fingerprint density at radius 3 is 2.36 bits per heavy atom. The minimum absolute atomic E-state index is 0.0689. The van der Waals surface area contributed by atoms with Crippen LogP contribution in [0.25, 0.3) is 0 Å². The van der Waals surface area contributed by atoms with Gasteiger partial charge in [-0.15, -0.1) is 0 Å². The maximum atomic E-state index is 11.7. The van der Waals surface area contributed by atoms with Gasteiger partial charge < -0.3 is 5.11 Å². The van der Waals surface area contributed by atoms with Gasteiger partial charge in [-0.05, 0) is 18.8 Å². The Bertz CT molecular complexity index is 272. The number of ketones is 1. The molecule has 1 saturated carbocycles. The fraction of sp³-hybridized carbons (Fsp3) is 0.750. The maximum absolute atomic E-state index is 11.7. The van der Waals surface area contributed by atoms with E-state index in [4.69, 9.17) is 0 Å². The molecule has 0 heterocycles. The highest BCUT2D eigenvalue weighted by atomic mass is 16.3. The summed E-state index contributed by atoms with van der Waals surface area (Å²) >= 11 is 0. The van der Waals surface area contributed by atoms with Crippen molar-refractivity contribution in [3.63, 3.8) is 0 Å². The maximum Gasteiger partial charge on any atom is 0.163 e. The van der Waals surface area contributed by atoms with Crippen molar-refractivity contribution in [3.05, 3.63) is 11.3 Å². The Morgan fingerprint density at radius 1 is 1.21 bits per heavy atom. The number of allylic oxidation sites excluding steroid dienone is 2. The van der Waals surface area contributed by atoms with Gasteiger partial charge in [-0.1, -0.05) is 26.2 Å². The van der Waals surface area contributed by atoms with Crippen LogP contribution in [-0.4, -0.2) is 10.9 Å². The van der Waals surface area contributed by atoms with Gasteiger partial charge >= 0.3 is 0 Å². The first kappa shape index (κ1) is 9.75. The Labute approximate surface area is 85.0 Å². The second kappa shape index (κ2) is 3.76. The van der Waals surface area contributed by atoms with Gasteiger partial charge in [0.15, 0.2) is 5.78 Å². The average molecular weight is 194 g/mol. The molecular formula is C12H18O2. The van der Waals surface area contributed by atoms with E-state index in [1.165, 1.54) is 19.3 Å². The first-order chi connectivity index (χ1) is 6.70. The highest BCUT2D eigenvalue weighted by molar-refractivity contribution is 5.99. The summed E-state index contributed by atoms with van der Waals surface area (Å²) in [5.74, 6) is 1.02. The van der Waals surface area contributed by atoms with Crippen molar-refractivity contribution in [1.29, 1.82) is 0 Å². The molecule has 2 nitrogen and oxygen atoms in total. The van der Waals surface area contributed by atoms with Crippen LogP contribution in [-0.2, 0) is 4.79 Å². The lowest BCUT2D eigenvalue weighted by Crippen LogP contribution is -2.14. The van der Waals surface area contributed by atoms with Crippen molar-refractivity contribution in [2.75, 3.05) is 0 Å². The van der Waals surface area contributed by atoms with Crippen molar-refractivity contribution < 1.29 is 9.90 Å². The van der Waals surface area contributed by atoms with E-state index >= 15 is 0 Å². The molecular weight excluding hydrogens is 176 g/mol. The van der Waals surface area contributed by atoms with E-state index in [2.05, 4.69) is 0 Å². The summed E-state index contributed by atoms with van der Waals surface area (Å²) in [4.78, 5) is 11.7. The SMILES string of the molecule is CC1CC(=O)C(C2CCCCC2)=C1O. The summed E-state index contributed by atoms with van der Waals surface area (Å²) in [6.45, 7) is 1.93. The molecule has 2 heteroatoms. The quantitative estimate of drug-likeness (QED) is 0.696. The van der Waals surface area contributed by atoms with Crippen LogP contribution in [0.4, 0.5) is 0 Å². The number of hydrogen-bond acceptors (Lipinski definition) is 2. The molecule has 14 heavy (non-hydrogen) atoms. The minimum Gasteiger partial charge on any atom is -0.512 e. The van der Waals surface area contributed by atoms with Crippen molar-refractivity contribution in [2.45, 2.75) is 45.4 Å². The molecule has 0 aliphatic heterocycles. The smallest absolute Gasteiger partial charge is 0.163 e. The molecule has 0 aromatic rings. The normalized spacial score (nSPS) is 30.1. The summed E-state index contributed by atoms with van der Waals surface area (Å²) in [6, 6.07) is 0. The molecule has 1 fully saturated rings. The average Bonchev–Trinajstić information content (AvgIpc) is 2.43. The third-order valence-electron chi connectivity index (χ3n) is 3.55. The molecule has 0 amide bonds. The topological polar surface area (TPSA) is 37.3 Å². The molecule has 78 valence electrons. The Morgan fingerprint density at radius 2 is 1.86 bits per heavy atom. The van der Waals surface area contributed by atoms with Crippen molar-refractivity contribution in [3.8, 4) is 0 Å². The summed E-state index contributed by atoms with van der Waals surface area (Å²) in [7, 11) is 0. The highest BCUT2D eigenvalue weighted by Gasteiger charge is 2.34. The molecule has 2 rings (SSSR count). The fourth-order valence-electron chi connectivity index (χ4n) is 2.72. The number of carbonyl (C=O) groups is 1. The molecule has 1 atom stereocenters. The first-order valence-electron chi connectivity index (χ1n) is 5.66. The molecule has 0 bridgehead atoms. The second-order valence-electron chi connectivity index (χ2n) is 4.66. The molecule has 0 saturated heterocycles. The van der Waals surface area contributed by atoms with Crippen LogP contribution in [0.5, 0.6) is 0 Å². The summed E-state index contributed by atoms with van der Waals surface area (Å²) in [6.07, 6.45) is 6.42. The Hall–Kier alpha value is -0.790. The summed E-state index contributed by atoms with van der Waals surface area (Å²) < 4.78 is 0. The Balaban J connectivity index is 2.18. The molecule has 0 radical (unpaired) electrons. The zero-order valence-corrected chi connectivity index (χ0v) is 8.75. The van der Waals surface area contributed by atoms with Crippen LogP contribution in [0.3, 0.4) is 0 Å². The summed E-state index contributed by atoms with van der Waals surface area (Å²) in [5.41, 5.74) is 0.775. The van der Waals surface area contributed by atoms with Gasteiger partial charge in [0.25, 0.3) is 0 Å². The lowest BCUT2D eigenvalue weighted by molar-refractivity contribution is -0.115. The predicted molar refractivity (Wildman–Crippen MR) is 55.0 cm³/mol. The van der Waals surface area contributed by atoms with Crippen LogP contribution in [0.2, 0.25) is 0 Å². The van der Waals surface area contributed by atoms with Gasteiger partial charge in [0.2, 0.25) is 0 Å². The molecule has 2 aliphatic carbocycles. The van der Waals surface area contributed by atoms with Gasteiger partial charge in [0.05, 0.1) is 0 Å². The molecule has 0 spiro atoms. The zero-order chi connectivity index (χ0) is 10.1. The molecule has 1 N–H and O–H groups in total. The third-order valence-corrected chi connectivity index (χ3v) is 3.55. The molecule has 2 aliphatic rings. The lowest BCUT2D eigenvalue weighted by atomic mass is 9.83. The molecule has 0 aromatic carbocycles.